The number of hydrogen-bond donors (Lipinski definition) is 0. The standard InChI is InChI=1S/C50H31NO2/c1-2-10-32(11-3-1)39-12-4-5-13-40(39)33-20-22-36(23-21-33)51(38-25-27-49-45(30-38)42-14-6-8-16-47(42)52-49)37-24-26-41-34(28-37)18-19-35-29-50-46(31-44(35)41)43-15-7-9-17-48(43)53-50/h1-31H. The monoisotopic (exact) mass is 677 g/mol. The second-order valence-electron chi connectivity index (χ2n) is 13.7. The minimum Gasteiger partial charge on any atom is -0.456 e. The van der Waals surface area contributed by atoms with E-state index in [2.05, 4.69) is 169 Å². The number of fused-ring (bicyclic) bond motifs is 9. The third-order valence-corrected chi connectivity index (χ3v) is 10.6. The molecule has 0 radical (unpaired) electrons. The van der Waals surface area contributed by atoms with E-state index in [0.29, 0.717) is 0 Å². The van der Waals surface area contributed by atoms with Gasteiger partial charge in [0, 0.05) is 38.6 Å². The van der Waals surface area contributed by atoms with Gasteiger partial charge in [0.25, 0.3) is 0 Å². The normalized spacial score (nSPS) is 11.8. The van der Waals surface area contributed by atoms with Crippen molar-refractivity contribution in [3.8, 4) is 22.3 Å². The molecule has 11 rings (SSSR count). The first kappa shape index (κ1) is 29.6. The Kier molecular flexibility index (Phi) is 6.55. The van der Waals surface area contributed by atoms with Crippen LogP contribution in [-0.2, 0) is 0 Å². The summed E-state index contributed by atoms with van der Waals surface area (Å²) in [6, 6.07) is 67.0. The zero-order valence-electron chi connectivity index (χ0n) is 28.7. The van der Waals surface area contributed by atoms with E-state index in [-0.39, 0.29) is 0 Å². The number of rotatable bonds is 5. The van der Waals surface area contributed by atoms with Crippen molar-refractivity contribution in [2.24, 2.45) is 0 Å². The first-order valence-electron chi connectivity index (χ1n) is 18.0. The van der Waals surface area contributed by atoms with E-state index < -0.39 is 0 Å². The van der Waals surface area contributed by atoms with Crippen LogP contribution in [0.2, 0.25) is 0 Å². The predicted molar refractivity (Wildman–Crippen MR) is 222 cm³/mol. The molecule has 0 aliphatic rings. The second-order valence-corrected chi connectivity index (χ2v) is 13.7. The lowest BCUT2D eigenvalue weighted by Crippen LogP contribution is -2.09. The van der Waals surface area contributed by atoms with Gasteiger partial charge in [0.1, 0.15) is 22.3 Å². The summed E-state index contributed by atoms with van der Waals surface area (Å²) < 4.78 is 12.5. The molecule has 0 saturated heterocycles. The largest absolute Gasteiger partial charge is 0.456 e. The lowest BCUT2D eigenvalue weighted by molar-refractivity contribution is 0.668. The Labute approximate surface area is 305 Å². The zero-order chi connectivity index (χ0) is 34.9. The van der Waals surface area contributed by atoms with Crippen LogP contribution in [0.4, 0.5) is 17.1 Å². The van der Waals surface area contributed by atoms with E-state index in [1.165, 1.54) is 38.4 Å². The van der Waals surface area contributed by atoms with Crippen LogP contribution in [-0.4, -0.2) is 0 Å². The average Bonchev–Trinajstić information content (AvgIpc) is 3.78. The predicted octanol–water partition coefficient (Wildman–Crippen LogP) is 14.6. The molecule has 9 aromatic carbocycles. The van der Waals surface area contributed by atoms with Crippen molar-refractivity contribution < 1.29 is 8.83 Å². The average molecular weight is 678 g/mol. The summed E-state index contributed by atoms with van der Waals surface area (Å²) in [4.78, 5) is 2.35. The molecule has 3 heteroatoms. The molecule has 0 bridgehead atoms. The molecule has 0 N–H and O–H groups in total. The van der Waals surface area contributed by atoms with Gasteiger partial charge in [0.2, 0.25) is 0 Å². The van der Waals surface area contributed by atoms with Crippen molar-refractivity contribution in [2.45, 2.75) is 0 Å². The Balaban J connectivity index is 1.08. The minimum absolute atomic E-state index is 0.880. The van der Waals surface area contributed by atoms with Crippen LogP contribution >= 0.6 is 0 Å². The van der Waals surface area contributed by atoms with Gasteiger partial charge in [-0.2, -0.15) is 0 Å². The number of anilines is 3. The smallest absolute Gasteiger partial charge is 0.136 e. The molecule has 0 atom stereocenters. The molecule has 0 saturated carbocycles. The second kappa shape index (κ2) is 11.7. The van der Waals surface area contributed by atoms with Crippen LogP contribution in [0.3, 0.4) is 0 Å². The van der Waals surface area contributed by atoms with Crippen LogP contribution in [0.15, 0.2) is 197 Å². The summed E-state index contributed by atoms with van der Waals surface area (Å²) in [5.41, 5.74) is 11.6. The first-order valence-corrected chi connectivity index (χ1v) is 18.0. The van der Waals surface area contributed by atoms with E-state index in [0.717, 1.165) is 66.3 Å². The topological polar surface area (TPSA) is 29.5 Å². The SMILES string of the molecule is c1ccc(-c2ccccc2-c2ccc(N(c3ccc4c(ccc5cc6oc7ccccc7c6cc54)c3)c3ccc4oc5ccccc5c4c3)cc2)cc1. The molecule has 0 aliphatic carbocycles. The van der Waals surface area contributed by atoms with Gasteiger partial charge >= 0.3 is 0 Å². The van der Waals surface area contributed by atoms with E-state index >= 15 is 0 Å². The van der Waals surface area contributed by atoms with Crippen molar-refractivity contribution in [1.29, 1.82) is 0 Å². The number of furan rings is 2. The minimum atomic E-state index is 0.880. The van der Waals surface area contributed by atoms with Gasteiger partial charge in [-0.15, -0.1) is 0 Å². The maximum Gasteiger partial charge on any atom is 0.136 e. The van der Waals surface area contributed by atoms with Crippen LogP contribution in [0.5, 0.6) is 0 Å². The highest BCUT2D eigenvalue weighted by molar-refractivity contribution is 6.17. The molecule has 248 valence electrons. The molecule has 53 heavy (non-hydrogen) atoms. The number of hydrogen-bond acceptors (Lipinski definition) is 3. The summed E-state index contributed by atoms with van der Waals surface area (Å²) in [5.74, 6) is 0. The Bertz CT molecular complexity index is 3170. The highest BCUT2D eigenvalue weighted by Gasteiger charge is 2.18. The third kappa shape index (κ3) is 4.82. The van der Waals surface area contributed by atoms with Gasteiger partial charge in [-0.25, -0.2) is 0 Å². The highest BCUT2D eigenvalue weighted by atomic mass is 16.3. The Morgan fingerprint density at radius 2 is 0.811 bits per heavy atom. The van der Waals surface area contributed by atoms with Crippen molar-refractivity contribution in [2.75, 3.05) is 4.90 Å². The lowest BCUT2D eigenvalue weighted by atomic mass is 9.94. The summed E-state index contributed by atoms with van der Waals surface area (Å²) in [5, 5.41) is 9.25. The van der Waals surface area contributed by atoms with Gasteiger partial charge in [-0.3, -0.25) is 0 Å². The quantitative estimate of drug-likeness (QED) is 0.170. The maximum atomic E-state index is 6.24. The molecular formula is C50H31NO2. The Morgan fingerprint density at radius 3 is 1.55 bits per heavy atom. The first-order chi connectivity index (χ1) is 26.2. The molecule has 0 unspecified atom stereocenters. The van der Waals surface area contributed by atoms with Gasteiger partial charge in [-0.05, 0) is 111 Å². The van der Waals surface area contributed by atoms with Crippen molar-refractivity contribution >= 4 is 82.5 Å². The van der Waals surface area contributed by atoms with Gasteiger partial charge in [-0.1, -0.05) is 121 Å². The Hall–Kier alpha value is -7.10. The summed E-state index contributed by atoms with van der Waals surface area (Å²) in [6.07, 6.45) is 0. The van der Waals surface area contributed by atoms with Crippen LogP contribution in [0.1, 0.15) is 0 Å². The molecule has 11 aromatic rings. The van der Waals surface area contributed by atoms with Crippen molar-refractivity contribution in [3.63, 3.8) is 0 Å². The fourth-order valence-electron chi connectivity index (χ4n) is 8.10. The fraction of sp³-hybridized carbons (Fsp3) is 0. The summed E-state index contributed by atoms with van der Waals surface area (Å²) in [6.45, 7) is 0. The summed E-state index contributed by atoms with van der Waals surface area (Å²) >= 11 is 0. The lowest BCUT2D eigenvalue weighted by Gasteiger charge is -2.26. The van der Waals surface area contributed by atoms with E-state index in [4.69, 9.17) is 8.83 Å². The number of para-hydroxylation sites is 2. The van der Waals surface area contributed by atoms with E-state index in [1.807, 2.05) is 24.3 Å². The molecule has 0 fully saturated rings. The highest BCUT2D eigenvalue weighted by Crippen LogP contribution is 2.42. The van der Waals surface area contributed by atoms with Crippen LogP contribution in [0, 0.1) is 0 Å². The summed E-state index contributed by atoms with van der Waals surface area (Å²) in [7, 11) is 0. The number of benzene rings is 9. The fourth-order valence-corrected chi connectivity index (χ4v) is 8.10. The molecule has 2 aromatic heterocycles. The van der Waals surface area contributed by atoms with Crippen LogP contribution < -0.4 is 4.90 Å². The Morgan fingerprint density at radius 1 is 0.283 bits per heavy atom. The van der Waals surface area contributed by atoms with Gasteiger partial charge in [0.05, 0.1) is 0 Å². The molecule has 2 heterocycles. The molecular weight excluding hydrogens is 647 g/mol. The van der Waals surface area contributed by atoms with E-state index in [9.17, 15) is 0 Å². The zero-order valence-corrected chi connectivity index (χ0v) is 28.7. The third-order valence-electron chi connectivity index (χ3n) is 10.6. The van der Waals surface area contributed by atoms with Crippen molar-refractivity contribution in [3.05, 3.63) is 188 Å². The number of nitrogens with zero attached hydrogens (tertiary/aromatic N) is 1. The van der Waals surface area contributed by atoms with Gasteiger partial charge in [0.15, 0.2) is 0 Å². The molecule has 0 amide bonds. The van der Waals surface area contributed by atoms with Crippen LogP contribution in [0.25, 0.3) is 87.7 Å². The molecule has 0 spiro atoms. The molecule has 0 aliphatic heterocycles. The molecule has 3 nitrogen and oxygen atoms in total. The maximum absolute atomic E-state index is 6.24. The van der Waals surface area contributed by atoms with E-state index in [1.54, 1.807) is 0 Å². The van der Waals surface area contributed by atoms with Gasteiger partial charge < -0.3 is 13.7 Å². The van der Waals surface area contributed by atoms with Crippen molar-refractivity contribution in [1.82, 2.24) is 0 Å².